The van der Waals surface area contributed by atoms with Crippen molar-refractivity contribution in [3.05, 3.63) is 27.4 Å². The van der Waals surface area contributed by atoms with E-state index in [-0.39, 0.29) is 5.69 Å². The summed E-state index contributed by atoms with van der Waals surface area (Å²) in [5.41, 5.74) is 2.12. The largest absolute Gasteiger partial charge is 0.481 e. The van der Waals surface area contributed by atoms with Gasteiger partial charge in [0.15, 0.2) is 0 Å². The number of aromatic nitrogens is 2. The van der Waals surface area contributed by atoms with E-state index in [9.17, 15) is 9.59 Å². The summed E-state index contributed by atoms with van der Waals surface area (Å²) in [4.78, 5) is 27.0. The lowest BCUT2D eigenvalue weighted by Crippen LogP contribution is -2.29. The summed E-state index contributed by atoms with van der Waals surface area (Å²) in [5, 5.41) is 9.03. The quantitative estimate of drug-likeness (QED) is 0.778. The first-order chi connectivity index (χ1) is 9.38. The maximum Gasteiger partial charge on any atom is 0.347 e. The normalized spacial score (nSPS) is 12.4. The Morgan fingerprint density at radius 2 is 2.10 bits per heavy atom. The van der Waals surface area contributed by atoms with Crippen molar-refractivity contribution in [2.45, 2.75) is 40.2 Å². The topological polar surface area (TPSA) is 72.2 Å². The number of aryl methyl sites for hydroxylation is 1. The van der Waals surface area contributed by atoms with Crippen LogP contribution in [-0.2, 0) is 17.8 Å². The highest BCUT2D eigenvalue weighted by Crippen LogP contribution is 2.15. The Kier molecular flexibility index (Phi) is 6.26. The zero-order valence-electron chi connectivity index (χ0n) is 12.5. The van der Waals surface area contributed by atoms with Crippen LogP contribution < -0.4 is 5.69 Å². The summed E-state index contributed by atoms with van der Waals surface area (Å²) in [6.45, 7) is 5.95. The zero-order valence-corrected chi connectivity index (χ0v) is 13.3. The van der Waals surface area contributed by atoms with E-state index in [2.05, 4.69) is 4.98 Å². The van der Waals surface area contributed by atoms with Gasteiger partial charge in [-0.25, -0.2) is 4.79 Å². The van der Waals surface area contributed by atoms with E-state index in [1.807, 2.05) is 13.2 Å². The maximum absolute atomic E-state index is 12.0. The molecule has 0 aliphatic rings. The molecule has 0 radical (unpaired) electrons. The predicted molar refractivity (Wildman–Crippen MR) is 81.5 cm³/mol. The average molecular weight is 298 g/mol. The molecule has 1 aromatic rings. The van der Waals surface area contributed by atoms with Gasteiger partial charge in [-0.15, -0.1) is 0 Å². The van der Waals surface area contributed by atoms with Gasteiger partial charge in [0, 0.05) is 17.9 Å². The van der Waals surface area contributed by atoms with Crippen molar-refractivity contribution < 1.29 is 9.90 Å². The number of carboxylic acids is 1. The van der Waals surface area contributed by atoms with E-state index in [1.165, 1.54) is 0 Å². The van der Waals surface area contributed by atoms with Crippen molar-refractivity contribution >= 4 is 17.7 Å². The van der Waals surface area contributed by atoms with Gasteiger partial charge in [-0.1, -0.05) is 6.92 Å². The minimum Gasteiger partial charge on any atom is -0.481 e. The zero-order chi connectivity index (χ0) is 15.3. The second-order valence-electron chi connectivity index (χ2n) is 4.99. The minimum absolute atomic E-state index is 0.243. The minimum atomic E-state index is -0.830. The summed E-state index contributed by atoms with van der Waals surface area (Å²) in [5.74, 6) is -0.323. The lowest BCUT2D eigenvalue weighted by atomic mass is 9.99. The van der Waals surface area contributed by atoms with E-state index in [0.29, 0.717) is 18.7 Å². The van der Waals surface area contributed by atoms with Crippen LogP contribution in [0.3, 0.4) is 0 Å². The van der Waals surface area contributed by atoms with Crippen molar-refractivity contribution in [1.29, 1.82) is 0 Å². The third kappa shape index (κ3) is 4.10. The predicted octanol–water partition coefficient (Wildman–Crippen LogP) is 1.88. The molecule has 0 aromatic carbocycles. The van der Waals surface area contributed by atoms with Crippen molar-refractivity contribution in [2.24, 2.45) is 5.92 Å². The van der Waals surface area contributed by atoms with Crippen molar-refractivity contribution in [2.75, 3.05) is 12.0 Å². The van der Waals surface area contributed by atoms with E-state index in [0.717, 1.165) is 23.4 Å². The fourth-order valence-corrected chi connectivity index (χ4v) is 2.58. The van der Waals surface area contributed by atoms with Crippen LogP contribution in [0.15, 0.2) is 4.79 Å². The summed E-state index contributed by atoms with van der Waals surface area (Å²) >= 11 is 1.74. The summed E-state index contributed by atoms with van der Waals surface area (Å²) < 4.78 is 1.66. The average Bonchev–Trinajstić information content (AvgIpc) is 2.38. The molecule has 1 aromatic heterocycles. The number of hydrogen-bond donors (Lipinski definition) is 1. The van der Waals surface area contributed by atoms with Crippen LogP contribution in [0.1, 0.15) is 30.3 Å². The Morgan fingerprint density at radius 3 is 2.65 bits per heavy atom. The second kappa shape index (κ2) is 7.47. The fraction of sp³-hybridized carbons (Fsp3) is 0.643. The molecule has 0 aliphatic carbocycles. The number of carbonyl (C=O) groups is 1. The summed E-state index contributed by atoms with van der Waals surface area (Å²) in [7, 11) is 0. The van der Waals surface area contributed by atoms with Crippen LogP contribution in [-0.4, -0.2) is 32.6 Å². The highest BCUT2D eigenvalue weighted by Gasteiger charge is 2.17. The molecule has 20 heavy (non-hydrogen) atoms. The molecule has 1 rings (SSSR count). The highest BCUT2D eigenvalue weighted by atomic mass is 32.2. The van der Waals surface area contributed by atoms with Crippen molar-refractivity contribution in [3.63, 3.8) is 0 Å². The molecule has 0 fully saturated rings. The van der Waals surface area contributed by atoms with E-state index < -0.39 is 11.9 Å². The SMILES string of the molecule is CSCCCn1c(C)c(CC(C)C(=O)O)c(C)nc1=O. The van der Waals surface area contributed by atoms with E-state index in [1.54, 1.807) is 30.2 Å². The van der Waals surface area contributed by atoms with Crippen molar-refractivity contribution in [3.8, 4) is 0 Å². The molecule has 5 nitrogen and oxygen atoms in total. The van der Waals surface area contributed by atoms with E-state index >= 15 is 0 Å². The van der Waals surface area contributed by atoms with Crippen LogP contribution in [0.4, 0.5) is 0 Å². The Bertz CT molecular complexity index is 540. The number of aliphatic carboxylic acids is 1. The first kappa shape index (κ1) is 16.8. The third-order valence-electron chi connectivity index (χ3n) is 3.43. The molecule has 6 heteroatoms. The van der Waals surface area contributed by atoms with Gasteiger partial charge >= 0.3 is 11.7 Å². The van der Waals surface area contributed by atoms with Gasteiger partial charge in [0.1, 0.15) is 0 Å². The molecule has 0 saturated carbocycles. The first-order valence-corrected chi connectivity index (χ1v) is 8.06. The fourth-order valence-electron chi connectivity index (χ4n) is 2.16. The van der Waals surface area contributed by atoms with Gasteiger partial charge in [-0.2, -0.15) is 16.7 Å². The Morgan fingerprint density at radius 1 is 1.45 bits per heavy atom. The molecule has 112 valence electrons. The van der Waals surface area contributed by atoms with Gasteiger partial charge in [0.2, 0.25) is 0 Å². The molecule has 0 spiro atoms. The summed E-state index contributed by atoms with van der Waals surface area (Å²) in [6, 6.07) is 0. The maximum atomic E-state index is 12.0. The standard InChI is InChI=1S/C14H22N2O3S/c1-9(13(17)18)8-12-10(2)15-14(19)16(11(12)3)6-5-7-20-4/h9H,5-8H2,1-4H3,(H,17,18). The molecule has 0 amide bonds. The van der Waals surface area contributed by atoms with Crippen LogP contribution in [0, 0.1) is 19.8 Å². The Hall–Kier alpha value is -1.30. The molecule has 0 saturated heterocycles. The lowest BCUT2D eigenvalue weighted by Gasteiger charge is -2.16. The van der Waals surface area contributed by atoms with Gasteiger partial charge in [0.05, 0.1) is 5.92 Å². The Labute approximate surface area is 123 Å². The third-order valence-corrected chi connectivity index (χ3v) is 4.13. The number of carboxylic acid groups (broad SMARTS) is 1. The van der Waals surface area contributed by atoms with Gasteiger partial charge in [-0.05, 0) is 44.3 Å². The second-order valence-corrected chi connectivity index (χ2v) is 5.97. The highest BCUT2D eigenvalue weighted by molar-refractivity contribution is 7.98. The number of nitrogens with zero attached hydrogens (tertiary/aromatic N) is 2. The van der Waals surface area contributed by atoms with E-state index in [4.69, 9.17) is 5.11 Å². The van der Waals surface area contributed by atoms with Crippen LogP contribution in [0.2, 0.25) is 0 Å². The van der Waals surface area contributed by atoms with Gasteiger partial charge < -0.3 is 5.11 Å². The van der Waals surface area contributed by atoms with Crippen LogP contribution in [0.25, 0.3) is 0 Å². The van der Waals surface area contributed by atoms with Crippen molar-refractivity contribution in [1.82, 2.24) is 9.55 Å². The molecule has 1 heterocycles. The lowest BCUT2D eigenvalue weighted by molar-refractivity contribution is -0.141. The number of hydrogen-bond acceptors (Lipinski definition) is 4. The Balaban J connectivity index is 3.08. The van der Waals surface area contributed by atoms with Crippen LogP contribution in [0.5, 0.6) is 0 Å². The molecule has 1 atom stereocenters. The molecular weight excluding hydrogens is 276 g/mol. The molecular formula is C14H22N2O3S. The molecule has 0 bridgehead atoms. The number of rotatable bonds is 7. The van der Waals surface area contributed by atoms with Crippen LogP contribution >= 0.6 is 11.8 Å². The molecule has 1 unspecified atom stereocenters. The molecule has 0 aliphatic heterocycles. The first-order valence-electron chi connectivity index (χ1n) is 6.67. The summed E-state index contributed by atoms with van der Waals surface area (Å²) in [6.07, 6.45) is 3.34. The number of thioether (sulfide) groups is 1. The smallest absolute Gasteiger partial charge is 0.347 e. The van der Waals surface area contributed by atoms with Gasteiger partial charge in [-0.3, -0.25) is 9.36 Å². The monoisotopic (exact) mass is 298 g/mol. The molecule has 1 N–H and O–H groups in total. The van der Waals surface area contributed by atoms with Gasteiger partial charge in [0.25, 0.3) is 0 Å².